The van der Waals surface area contributed by atoms with E-state index in [1.165, 1.54) is 25.7 Å². The maximum Gasteiger partial charge on any atom is 0.162 e. The van der Waals surface area contributed by atoms with E-state index in [2.05, 4.69) is 11.4 Å². The van der Waals surface area contributed by atoms with Crippen LogP contribution in [0.2, 0.25) is 5.02 Å². The molecule has 0 bridgehead atoms. The maximum atomic E-state index is 6.28. The summed E-state index contributed by atoms with van der Waals surface area (Å²) < 4.78 is 10.6. The molecule has 0 fully saturated rings. The summed E-state index contributed by atoms with van der Waals surface area (Å²) >= 11 is 6.28. The Bertz CT molecular complexity index is 500. The first kappa shape index (κ1) is 16.2. The molecule has 0 saturated carbocycles. The van der Waals surface area contributed by atoms with Gasteiger partial charge in [-0.15, -0.1) is 0 Å². The van der Waals surface area contributed by atoms with Crippen molar-refractivity contribution in [1.29, 1.82) is 0 Å². The van der Waals surface area contributed by atoms with Gasteiger partial charge in [-0.2, -0.15) is 0 Å². The first-order chi connectivity index (χ1) is 10.2. The van der Waals surface area contributed by atoms with Crippen molar-refractivity contribution in [3.05, 3.63) is 34.4 Å². The SMILES string of the molecule is COc1cc(Cl)c(CNCCC2=CCCCC2)cc1OC. The van der Waals surface area contributed by atoms with Crippen LogP contribution in [0.15, 0.2) is 23.8 Å². The molecule has 0 atom stereocenters. The van der Waals surface area contributed by atoms with E-state index in [1.54, 1.807) is 25.9 Å². The third-order valence-electron chi connectivity index (χ3n) is 3.88. The molecule has 0 saturated heterocycles. The lowest BCUT2D eigenvalue weighted by atomic mass is 9.97. The molecule has 1 aliphatic carbocycles. The molecule has 0 heterocycles. The zero-order chi connectivity index (χ0) is 15.1. The molecule has 0 unspecified atom stereocenters. The largest absolute Gasteiger partial charge is 0.493 e. The van der Waals surface area contributed by atoms with E-state index in [0.717, 1.165) is 25.1 Å². The molecule has 0 aromatic heterocycles. The van der Waals surface area contributed by atoms with Crippen LogP contribution in [0.3, 0.4) is 0 Å². The summed E-state index contributed by atoms with van der Waals surface area (Å²) in [5.74, 6) is 1.38. The van der Waals surface area contributed by atoms with Gasteiger partial charge in [0.15, 0.2) is 11.5 Å². The van der Waals surface area contributed by atoms with Gasteiger partial charge in [0.25, 0.3) is 0 Å². The van der Waals surface area contributed by atoms with Crippen LogP contribution in [0, 0.1) is 0 Å². The fourth-order valence-corrected chi connectivity index (χ4v) is 2.86. The number of hydrogen-bond donors (Lipinski definition) is 1. The highest BCUT2D eigenvalue weighted by atomic mass is 35.5. The predicted molar refractivity (Wildman–Crippen MR) is 87.4 cm³/mol. The summed E-state index contributed by atoms with van der Waals surface area (Å²) in [5, 5.41) is 4.16. The molecule has 1 aliphatic rings. The fourth-order valence-electron chi connectivity index (χ4n) is 2.64. The number of hydrogen-bond acceptors (Lipinski definition) is 3. The third-order valence-corrected chi connectivity index (χ3v) is 4.23. The molecule has 21 heavy (non-hydrogen) atoms. The lowest BCUT2D eigenvalue weighted by Gasteiger charge is -2.14. The molecular weight excluding hydrogens is 286 g/mol. The van der Waals surface area contributed by atoms with Crippen molar-refractivity contribution in [1.82, 2.24) is 5.32 Å². The average Bonchev–Trinajstić information content (AvgIpc) is 2.53. The summed E-state index contributed by atoms with van der Waals surface area (Å²) in [6.07, 6.45) is 8.72. The van der Waals surface area contributed by atoms with E-state index >= 15 is 0 Å². The van der Waals surface area contributed by atoms with Gasteiger partial charge in [-0.25, -0.2) is 0 Å². The summed E-state index contributed by atoms with van der Waals surface area (Å²) in [4.78, 5) is 0. The minimum atomic E-state index is 0.665. The van der Waals surface area contributed by atoms with Crippen molar-refractivity contribution in [3.63, 3.8) is 0 Å². The second-order valence-electron chi connectivity index (χ2n) is 5.33. The Morgan fingerprint density at radius 3 is 2.57 bits per heavy atom. The Labute approximate surface area is 132 Å². The van der Waals surface area contributed by atoms with E-state index in [9.17, 15) is 0 Å². The van der Waals surface area contributed by atoms with Crippen molar-refractivity contribution in [2.45, 2.75) is 38.6 Å². The molecule has 0 amide bonds. The van der Waals surface area contributed by atoms with Crippen LogP contribution in [-0.4, -0.2) is 20.8 Å². The van der Waals surface area contributed by atoms with Crippen molar-refractivity contribution in [3.8, 4) is 11.5 Å². The zero-order valence-electron chi connectivity index (χ0n) is 12.9. The molecule has 0 aliphatic heterocycles. The number of rotatable bonds is 7. The molecule has 0 spiro atoms. The van der Waals surface area contributed by atoms with Crippen molar-refractivity contribution < 1.29 is 9.47 Å². The first-order valence-electron chi connectivity index (χ1n) is 7.53. The molecular formula is C17H24ClNO2. The van der Waals surface area contributed by atoms with E-state index in [1.807, 2.05) is 6.07 Å². The Morgan fingerprint density at radius 2 is 1.90 bits per heavy atom. The Hall–Kier alpha value is -1.19. The highest BCUT2D eigenvalue weighted by Crippen LogP contribution is 2.33. The summed E-state index contributed by atoms with van der Waals surface area (Å²) in [5.41, 5.74) is 2.62. The minimum Gasteiger partial charge on any atom is -0.493 e. The quantitative estimate of drug-likeness (QED) is 0.600. The molecule has 1 aromatic carbocycles. The number of halogens is 1. The van der Waals surface area contributed by atoms with Crippen molar-refractivity contribution in [2.24, 2.45) is 0 Å². The Balaban J connectivity index is 1.86. The molecule has 1 N–H and O–H groups in total. The van der Waals surface area contributed by atoms with Crippen LogP contribution in [0.4, 0.5) is 0 Å². The van der Waals surface area contributed by atoms with E-state index in [0.29, 0.717) is 16.5 Å². The van der Waals surface area contributed by atoms with Crippen molar-refractivity contribution in [2.75, 3.05) is 20.8 Å². The molecule has 2 rings (SSSR count). The van der Waals surface area contributed by atoms with Gasteiger partial charge in [-0.1, -0.05) is 23.3 Å². The van der Waals surface area contributed by atoms with Gasteiger partial charge in [0, 0.05) is 17.6 Å². The molecule has 1 aromatic rings. The first-order valence-corrected chi connectivity index (χ1v) is 7.91. The number of benzene rings is 1. The standard InChI is InChI=1S/C17H24ClNO2/c1-20-16-10-14(15(18)11-17(16)21-2)12-19-9-8-13-6-4-3-5-7-13/h6,10-11,19H,3-5,7-9,12H2,1-2H3. The van der Waals surface area contributed by atoms with Gasteiger partial charge < -0.3 is 14.8 Å². The molecule has 4 heteroatoms. The van der Waals surface area contributed by atoms with Crippen LogP contribution in [0.25, 0.3) is 0 Å². The Kier molecular flexibility index (Phi) is 6.40. The fraction of sp³-hybridized carbons (Fsp3) is 0.529. The lowest BCUT2D eigenvalue weighted by molar-refractivity contribution is 0.354. The van der Waals surface area contributed by atoms with Crippen LogP contribution in [-0.2, 0) is 6.54 Å². The number of ether oxygens (including phenoxy) is 2. The number of allylic oxidation sites excluding steroid dienone is 1. The van der Waals surface area contributed by atoms with Gasteiger partial charge in [0.2, 0.25) is 0 Å². The van der Waals surface area contributed by atoms with Gasteiger partial charge in [0.05, 0.1) is 14.2 Å². The number of methoxy groups -OCH3 is 2. The van der Waals surface area contributed by atoms with E-state index < -0.39 is 0 Å². The second-order valence-corrected chi connectivity index (χ2v) is 5.74. The highest BCUT2D eigenvalue weighted by molar-refractivity contribution is 6.31. The normalized spacial score (nSPS) is 14.7. The van der Waals surface area contributed by atoms with Crippen LogP contribution in [0.5, 0.6) is 11.5 Å². The lowest BCUT2D eigenvalue weighted by Crippen LogP contribution is -2.16. The Morgan fingerprint density at radius 1 is 1.14 bits per heavy atom. The molecule has 3 nitrogen and oxygen atoms in total. The topological polar surface area (TPSA) is 30.5 Å². The summed E-state index contributed by atoms with van der Waals surface area (Å²) in [6, 6.07) is 3.75. The van der Waals surface area contributed by atoms with Gasteiger partial charge >= 0.3 is 0 Å². The van der Waals surface area contributed by atoms with Crippen molar-refractivity contribution >= 4 is 11.6 Å². The smallest absolute Gasteiger partial charge is 0.162 e. The summed E-state index contributed by atoms with van der Waals surface area (Å²) in [6.45, 7) is 1.73. The van der Waals surface area contributed by atoms with Gasteiger partial charge in [0.1, 0.15) is 0 Å². The van der Waals surface area contributed by atoms with Crippen LogP contribution in [0.1, 0.15) is 37.7 Å². The van der Waals surface area contributed by atoms with Gasteiger partial charge in [-0.3, -0.25) is 0 Å². The average molecular weight is 310 g/mol. The zero-order valence-corrected chi connectivity index (χ0v) is 13.6. The second kappa shape index (κ2) is 8.30. The third kappa shape index (κ3) is 4.65. The predicted octanol–water partition coefficient (Wildman–Crippen LogP) is 4.34. The molecule has 0 radical (unpaired) electrons. The van der Waals surface area contributed by atoms with E-state index in [-0.39, 0.29) is 0 Å². The van der Waals surface area contributed by atoms with Crippen LogP contribution >= 0.6 is 11.6 Å². The maximum absolute atomic E-state index is 6.28. The van der Waals surface area contributed by atoms with E-state index in [4.69, 9.17) is 21.1 Å². The summed E-state index contributed by atoms with van der Waals surface area (Å²) in [7, 11) is 3.25. The minimum absolute atomic E-state index is 0.665. The molecule has 116 valence electrons. The highest BCUT2D eigenvalue weighted by Gasteiger charge is 2.09. The monoisotopic (exact) mass is 309 g/mol. The van der Waals surface area contributed by atoms with Gasteiger partial charge in [-0.05, 0) is 50.3 Å². The number of nitrogens with one attached hydrogen (secondary N) is 1. The van der Waals surface area contributed by atoms with Crippen LogP contribution < -0.4 is 14.8 Å².